The highest BCUT2D eigenvalue weighted by molar-refractivity contribution is 4.32. The van der Waals surface area contributed by atoms with E-state index in [-0.39, 0.29) is 0 Å². The van der Waals surface area contributed by atoms with E-state index in [4.69, 9.17) is 5.73 Å². The maximum atomic E-state index is 5.11. The molecule has 0 fully saturated rings. The first-order valence-corrected chi connectivity index (χ1v) is 5.49. The van der Waals surface area contributed by atoms with E-state index in [1.807, 2.05) is 69.2 Å². The molecular formula is C11H33N. The third-order valence-electron chi connectivity index (χ3n) is 0. The summed E-state index contributed by atoms with van der Waals surface area (Å²) >= 11 is 0. The lowest BCUT2D eigenvalue weighted by Crippen LogP contribution is -2.06. The minimum atomic E-state index is 0.333. The van der Waals surface area contributed by atoms with Gasteiger partial charge in [0, 0.05) is 0 Å². The van der Waals surface area contributed by atoms with E-state index < -0.39 is 0 Å². The Morgan fingerprint density at radius 3 is 0.583 bits per heavy atom. The molecule has 0 aromatic carbocycles. The van der Waals surface area contributed by atoms with Crippen LogP contribution in [0.15, 0.2) is 0 Å². The van der Waals surface area contributed by atoms with Crippen molar-refractivity contribution in [3.63, 3.8) is 0 Å². The SMILES string of the molecule is CC.CC.CC.CC.CC(C)N. The molecule has 1 heteroatoms. The largest absolute Gasteiger partial charge is 0.328 e. The predicted molar refractivity (Wildman–Crippen MR) is 64.7 cm³/mol. The molecule has 0 aromatic heterocycles. The summed E-state index contributed by atoms with van der Waals surface area (Å²) in [5.41, 5.74) is 5.11. The lowest BCUT2D eigenvalue weighted by Gasteiger charge is -1.81. The van der Waals surface area contributed by atoms with Crippen molar-refractivity contribution in [2.75, 3.05) is 0 Å². The summed E-state index contributed by atoms with van der Waals surface area (Å²) in [4.78, 5) is 0. The number of hydrogen-bond acceptors (Lipinski definition) is 1. The molecule has 0 aliphatic heterocycles. The van der Waals surface area contributed by atoms with Crippen molar-refractivity contribution in [2.45, 2.75) is 75.3 Å². The zero-order chi connectivity index (χ0) is 11.6. The molecule has 0 unspecified atom stereocenters. The minimum absolute atomic E-state index is 0.333. The van der Waals surface area contributed by atoms with Crippen LogP contribution >= 0.6 is 0 Å². The van der Waals surface area contributed by atoms with E-state index >= 15 is 0 Å². The number of nitrogens with two attached hydrogens (primary N) is 1. The Bertz CT molecular complexity index is 9.72. The van der Waals surface area contributed by atoms with Crippen LogP contribution in [0.2, 0.25) is 0 Å². The third kappa shape index (κ3) is 500000. The van der Waals surface area contributed by atoms with Crippen molar-refractivity contribution in [1.82, 2.24) is 0 Å². The molecule has 0 spiro atoms. The fourth-order valence-corrected chi connectivity index (χ4v) is 0. The van der Waals surface area contributed by atoms with Crippen LogP contribution in [0, 0.1) is 0 Å². The first-order chi connectivity index (χ1) is 5.73. The van der Waals surface area contributed by atoms with Gasteiger partial charge >= 0.3 is 0 Å². The van der Waals surface area contributed by atoms with Crippen LogP contribution in [-0.4, -0.2) is 6.04 Å². The summed E-state index contributed by atoms with van der Waals surface area (Å²) in [5.74, 6) is 0. The monoisotopic (exact) mass is 179 g/mol. The van der Waals surface area contributed by atoms with Gasteiger partial charge in [0.2, 0.25) is 0 Å². The average molecular weight is 179 g/mol. The molecule has 0 aliphatic rings. The molecule has 0 saturated heterocycles. The molecule has 12 heavy (non-hydrogen) atoms. The number of hydrogen-bond donors (Lipinski definition) is 1. The summed E-state index contributed by atoms with van der Waals surface area (Å²) in [6, 6.07) is 0.333. The summed E-state index contributed by atoms with van der Waals surface area (Å²) < 4.78 is 0. The van der Waals surface area contributed by atoms with E-state index in [1.165, 1.54) is 0 Å². The topological polar surface area (TPSA) is 26.0 Å². The van der Waals surface area contributed by atoms with Gasteiger partial charge in [0.25, 0.3) is 0 Å². The van der Waals surface area contributed by atoms with Gasteiger partial charge in [0.15, 0.2) is 0 Å². The maximum absolute atomic E-state index is 5.11. The molecule has 0 aliphatic carbocycles. The lowest BCUT2D eigenvalue weighted by atomic mass is 10.5. The van der Waals surface area contributed by atoms with Crippen LogP contribution in [-0.2, 0) is 0 Å². The van der Waals surface area contributed by atoms with Crippen molar-refractivity contribution >= 4 is 0 Å². The zero-order valence-electron chi connectivity index (χ0n) is 11.2. The van der Waals surface area contributed by atoms with Crippen LogP contribution in [0.3, 0.4) is 0 Å². The fraction of sp³-hybridized carbons (Fsp3) is 1.00. The molecule has 0 amide bonds. The van der Waals surface area contributed by atoms with Crippen molar-refractivity contribution in [1.29, 1.82) is 0 Å². The second kappa shape index (κ2) is 124. The van der Waals surface area contributed by atoms with Gasteiger partial charge in [-0.05, 0) is 6.04 Å². The molecule has 0 saturated carbocycles. The Kier molecular flexibility index (Phi) is 307. The van der Waals surface area contributed by atoms with E-state index in [9.17, 15) is 0 Å². The minimum Gasteiger partial charge on any atom is -0.328 e. The molecular weight excluding hydrogens is 146 g/mol. The van der Waals surface area contributed by atoms with Crippen LogP contribution in [0.25, 0.3) is 0 Å². The second-order valence-electron chi connectivity index (χ2n) is 1.24. The third-order valence-corrected chi connectivity index (χ3v) is 0. The first kappa shape index (κ1) is 29.7. The molecule has 2 N–H and O–H groups in total. The van der Waals surface area contributed by atoms with Crippen molar-refractivity contribution < 1.29 is 0 Å². The molecule has 0 heterocycles. The summed E-state index contributed by atoms with van der Waals surface area (Å²) in [5, 5.41) is 0. The molecule has 0 bridgehead atoms. The van der Waals surface area contributed by atoms with Crippen molar-refractivity contribution in [2.24, 2.45) is 5.73 Å². The van der Waals surface area contributed by atoms with Gasteiger partial charge in [-0.1, -0.05) is 69.2 Å². The van der Waals surface area contributed by atoms with Crippen LogP contribution < -0.4 is 5.73 Å². The van der Waals surface area contributed by atoms with Gasteiger partial charge in [0.1, 0.15) is 0 Å². The van der Waals surface area contributed by atoms with E-state index in [2.05, 4.69) is 0 Å². The van der Waals surface area contributed by atoms with Gasteiger partial charge in [0.05, 0.1) is 0 Å². The smallest absolute Gasteiger partial charge is 0.00179 e. The first-order valence-electron chi connectivity index (χ1n) is 5.49. The predicted octanol–water partition coefficient (Wildman–Crippen LogP) is 4.46. The van der Waals surface area contributed by atoms with E-state index in [1.54, 1.807) is 0 Å². The Morgan fingerprint density at radius 2 is 0.583 bits per heavy atom. The fourth-order valence-electron chi connectivity index (χ4n) is 0. The maximum Gasteiger partial charge on any atom is -0.00179 e. The van der Waals surface area contributed by atoms with Gasteiger partial charge in [-0.2, -0.15) is 0 Å². The van der Waals surface area contributed by atoms with Gasteiger partial charge < -0.3 is 5.73 Å². The van der Waals surface area contributed by atoms with Gasteiger partial charge in [-0.25, -0.2) is 0 Å². The quantitative estimate of drug-likeness (QED) is 0.584. The highest BCUT2D eigenvalue weighted by Crippen LogP contribution is 1.58. The molecule has 1 nitrogen and oxygen atoms in total. The summed E-state index contributed by atoms with van der Waals surface area (Å²) in [6.07, 6.45) is 0. The number of rotatable bonds is 0. The van der Waals surface area contributed by atoms with Gasteiger partial charge in [-0.15, -0.1) is 0 Å². The summed E-state index contributed by atoms with van der Waals surface area (Å²) in [7, 11) is 0. The van der Waals surface area contributed by atoms with Crippen LogP contribution in [0.4, 0.5) is 0 Å². The van der Waals surface area contributed by atoms with Crippen LogP contribution in [0.1, 0.15) is 69.2 Å². The molecule has 0 radical (unpaired) electrons. The Labute approximate surface area is 81.8 Å². The van der Waals surface area contributed by atoms with E-state index in [0.29, 0.717) is 6.04 Å². The normalized spacial score (nSPS) is 5.00. The van der Waals surface area contributed by atoms with Crippen molar-refractivity contribution in [3.05, 3.63) is 0 Å². The Hall–Kier alpha value is -0.0400. The lowest BCUT2D eigenvalue weighted by molar-refractivity contribution is 0.834. The Balaban J connectivity index is -0.0000000181. The molecule has 0 atom stereocenters. The highest BCUT2D eigenvalue weighted by atomic mass is 14.6. The molecule has 0 aromatic rings. The van der Waals surface area contributed by atoms with Crippen LogP contribution in [0.5, 0.6) is 0 Å². The zero-order valence-corrected chi connectivity index (χ0v) is 11.2. The molecule has 0 rings (SSSR count). The standard InChI is InChI=1S/C3H9N.4C2H6/c1-3(2)4;4*1-2/h3H,4H2,1-2H3;4*1-2H3. The molecule has 82 valence electrons. The van der Waals surface area contributed by atoms with E-state index in [0.717, 1.165) is 0 Å². The second-order valence-corrected chi connectivity index (χ2v) is 1.24. The summed E-state index contributed by atoms with van der Waals surface area (Å²) in [6.45, 7) is 19.9. The van der Waals surface area contributed by atoms with Gasteiger partial charge in [-0.3, -0.25) is 0 Å². The Morgan fingerprint density at radius 1 is 0.583 bits per heavy atom. The average Bonchev–Trinajstić information content (AvgIpc) is 2.16. The highest BCUT2D eigenvalue weighted by Gasteiger charge is 1.67. The van der Waals surface area contributed by atoms with Crippen molar-refractivity contribution in [3.8, 4) is 0 Å².